The molecule has 0 radical (unpaired) electrons. The maximum Gasteiger partial charge on any atom is 0.0235 e. The molecule has 1 saturated heterocycles. The maximum absolute atomic E-state index is 2.69. The fourth-order valence-electron chi connectivity index (χ4n) is 2.45. The minimum absolute atomic E-state index is 0.842. The Bertz CT molecular complexity index is 141. The van der Waals surface area contributed by atoms with Crippen LogP contribution in [0.25, 0.3) is 0 Å². The van der Waals surface area contributed by atoms with Gasteiger partial charge >= 0.3 is 0 Å². The lowest BCUT2D eigenvalue weighted by molar-refractivity contribution is 0.194. The summed E-state index contributed by atoms with van der Waals surface area (Å²) in [7, 11) is 0. The Morgan fingerprint density at radius 3 is 2.21 bits per heavy atom. The van der Waals surface area contributed by atoms with Crippen LogP contribution in [0.4, 0.5) is 0 Å². The van der Waals surface area contributed by atoms with E-state index in [1.54, 1.807) is 0 Å². The van der Waals surface area contributed by atoms with Crippen molar-refractivity contribution in [2.45, 2.75) is 46.1 Å². The van der Waals surface area contributed by atoms with E-state index in [2.05, 4.69) is 30.6 Å². The minimum Gasteiger partial charge on any atom is -0.302 e. The van der Waals surface area contributed by atoms with Crippen LogP contribution in [0.1, 0.15) is 40.0 Å². The third kappa shape index (κ3) is 3.25. The highest BCUT2D eigenvalue weighted by molar-refractivity contribution is 4.82. The van der Waals surface area contributed by atoms with Gasteiger partial charge in [0, 0.05) is 12.6 Å². The lowest BCUT2D eigenvalue weighted by atomic mass is 10.2. The molecule has 1 heterocycles. The van der Waals surface area contributed by atoms with Gasteiger partial charge in [-0.15, -0.1) is 0 Å². The van der Waals surface area contributed by atoms with Crippen LogP contribution in [-0.4, -0.2) is 48.6 Å². The number of rotatable bonds is 6. The molecule has 2 nitrogen and oxygen atoms in total. The predicted octanol–water partition coefficient (Wildman–Crippen LogP) is 2.20. The van der Waals surface area contributed by atoms with Crippen molar-refractivity contribution in [3.05, 3.63) is 0 Å². The van der Waals surface area contributed by atoms with Crippen molar-refractivity contribution in [2.24, 2.45) is 0 Å². The van der Waals surface area contributed by atoms with Crippen molar-refractivity contribution in [3.8, 4) is 0 Å². The zero-order valence-corrected chi connectivity index (χ0v) is 10.1. The van der Waals surface area contributed by atoms with E-state index in [9.17, 15) is 0 Å². The molecule has 0 aromatic heterocycles. The molecule has 1 unspecified atom stereocenters. The maximum atomic E-state index is 2.69. The largest absolute Gasteiger partial charge is 0.302 e. The number of likely N-dealkylation sites (tertiary alicyclic amines) is 1. The molecule has 84 valence electrons. The van der Waals surface area contributed by atoms with Crippen LogP contribution in [0.3, 0.4) is 0 Å². The van der Waals surface area contributed by atoms with Crippen LogP contribution in [0.2, 0.25) is 0 Å². The molecule has 0 amide bonds. The normalized spacial score (nSPS) is 23.6. The molecule has 0 aromatic carbocycles. The minimum atomic E-state index is 0.842. The molecule has 1 atom stereocenters. The monoisotopic (exact) mass is 198 g/mol. The van der Waals surface area contributed by atoms with E-state index < -0.39 is 0 Å². The Hall–Kier alpha value is -0.0800. The molecule has 0 aliphatic carbocycles. The van der Waals surface area contributed by atoms with Crippen LogP contribution in [0, 0.1) is 0 Å². The van der Waals surface area contributed by atoms with Crippen LogP contribution >= 0.6 is 0 Å². The summed E-state index contributed by atoms with van der Waals surface area (Å²) in [6.45, 7) is 13.3. The van der Waals surface area contributed by atoms with Crippen LogP contribution in [0.5, 0.6) is 0 Å². The van der Waals surface area contributed by atoms with Crippen molar-refractivity contribution in [3.63, 3.8) is 0 Å². The van der Waals surface area contributed by atoms with Gasteiger partial charge in [-0.05, 0) is 45.4 Å². The van der Waals surface area contributed by atoms with Crippen molar-refractivity contribution in [1.29, 1.82) is 0 Å². The fraction of sp³-hybridized carbons (Fsp3) is 1.00. The zero-order valence-electron chi connectivity index (χ0n) is 10.1. The van der Waals surface area contributed by atoms with Crippen LogP contribution in [-0.2, 0) is 0 Å². The summed E-state index contributed by atoms with van der Waals surface area (Å²) in [6, 6.07) is 0.842. The Balaban J connectivity index is 2.36. The first-order valence-corrected chi connectivity index (χ1v) is 6.28. The number of hydrogen-bond acceptors (Lipinski definition) is 2. The van der Waals surface area contributed by atoms with Gasteiger partial charge in [0.2, 0.25) is 0 Å². The van der Waals surface area contributed by atoms with E-state index in [1.807, 2.05) is 0 Å². The summed E-state index contributed by atoms with van der Waals surface area (Å²) < 4.78 is 0. The highest BCUT2D eigenvalue weighted by Crippen LogP contribution is 2.15. The summed E-state index contributed by atoms with van der Waals surface area (Å²) in [5, 5.41) is 0. The Labute approximate surface area is 89.3 Å². The van der Waals surface area contributed by atoms with Crippen molar-refractivity contribution < 1.29 is 0 Å². The lowest BCUT2D eigenvalue weighted by Gasteiger charge is -2.28. The number of nitrogens with zero attached hydrogens (tertiary/aromatic N) is 2. The van der Waals surface area contributed by atoms with Gasteiger partial charge in [0.25, 0.3) is 0 Å². The molecule has 2 heteroatoms. The smallest absolute Gasteiger partial charge is 0.0235 e. The summed E-state index contributed by atoms with van der Waals surface area (Å²) in [5.41, 5.74) is 0. The second-order valence-electron chi connectivity index (χ2n) is 4.37. The molecule has 0 aromatic rings. The topological polar surface area (TPSA) is 6.48 Å². The molecule has 1 aliphatic rings. The quantitative estimate of drug-likeness (QED) is 0.645. The van der Waals surface area contributed by atoms with Gasteiger partial charge in [-0.1, -0.05) is 20.8 Å². The first-order chi connectivity index (χ1) is 6.81. The summed E-state index contributed by atoms with van der Waals surface area (Å²) in [6.07, 6.45) is 3.97. The molecular weight excluding hydrogens is 172 g/mol. The molecular formula is C12H26N2. The number of likely N-dealkylation sites (N-methyl/N-ethyl adjacent to an activating group) is 1. The molecule has 0 bridgehead atoms. The van der Waals surface area contributed by atoms with Gasteiger partial charge in [-0.3, -0.25) is 4.90 Å². The van der Waals surface area contributed by atoms with Gasteiger partial charge in [0.05, 0.1) is 0 Å². The average molecular weight is 198 g/mol. The van der Waals surface area contributed by atoms with E-state index >= 15 is 0 Å². The van der Waals surface area contributed by atoms with Crippen LogP contribution in [0.15, 0.2) is 0 Å². The fourth-order valence-corrected chi connectivity index (χ4v) is 2.45. The van der Waals surface area contributed by atoms with E-state index in [-0.39, 0.29) is 0 Å². The van der Waals surface area contributed by atoms with Crippen LogP contribution < -0.4 is 0 Å². The van der Waals surface area contributed by atoms with Gasteiger partial charge in [0.1, 0.15) is 0 Å². The van der Waals surface area contributed by atoms with Gasteiger partial charge in [-0.2, -0.15) is 0 Å². The van der Waals surface area contributed by atoms with Gasteiger partial charge in [0.15, 0.2) is 0 Å². The molecule has 0 spiro atoms. The van der Waals surface area contributed by atoms with Crippen molar-refractivity contribution >= 4 is 0 Å². The zero-order chi connectivity index (χ0) is 10.4. The molecule has 0 saturated carbocycles. The van der Waals surface area contributed by atoms with E-state index in [1.165, 1.54) is 52.0 Å². The second-order valence-corrected chi connectivity index (χ2v) is 4.37. The van der Waals surface area contributed by atoms with Crippen molar-refractivity contribution in [2.75, 3.05) is 32.7 Å². The second kappa shape index (κ2) is 6.41. The van der Waals surface area contributed by atoms with Gasteiger partial charge in [-0.25, -0.2) is 0 Å². The first-order valence-electron chi connectivity index (χ1n) is 6.28. The molecule has 1 rings (SSSR count). The SMILES string of the molecule is CCCN(CCC)C1CCN(CC)C1. The summed E-state index contributed by atoms with van der Waals surface area (Å²) >= 11 is 0. The lowest BCUT2D eigenvalue weighted by Crippen LogP contribution is -2.38. The Morgan fingerprint density at radius 2 is 1.79 bits per heavy atom. The molecule has 1 fully saturated rings. The van der Waals surface area contributed by atoms with E-state index in [0.717, 1.165) is 6.04 Å². The van der Waals surface area contributed by atoms with E-state index in [4.69, 9.17) is 0 Å². The number of hydrogen-bond donors (Lipinski definition) is 0. The Kier molecular flexibility index (Phi) is 5.49. The third-order valence-electron chi connectivity index (χ3n) is 3.23. The summed E-state index contributed by atoms with van der Waals surface area (Å²) in [4.78, 5) is 5.26. The predicted molar refractivity (Wildman–Crippen MR) is 62.7 cm³/mol. The molecule has 0 N–H and O–H groups in total. The average Bonchev–Trinajstić information content (AvgIpc) is 2.65. The van der Waals surface area contributed by atoms with Gasteiger partial charge < -0.3 is 4.90 Å². The third-order valence-corrected chi connectivity index (χ3v) is 3.23. The highest BCUT2D eigenvalue weighted by atomic mass is 15.2. The summed E-state index contributed by atoms with van der Waals surface area (Å²) in [5.74, 6) is 0. The first kappa shape index (κ1) is 12.0. The van der Waals surface area contributed by atoms with E-state index in [0.29, 0.717) is 0 Å². The molecule has 1 aliphatic heterocycles. The van der Waals surface area contributed by atoms with Crippen molar-refractivity contribution in [1.82, 2.24) is 9.80 Å². The Morgan fingerprint density at radius 1 is 1.14 bits per heavy atom. The molecule has 14 heavy (non-hydrogen) atoms. The highest BCUT2D eigenvalue weighted by Gasteiger charge is 2.25. The standard InChI is InChI=1S/C12H26N2/c1-4-8-14(9-5-2)12-7-10-13(6-3)11-12/h12H,4-11H2,1-3H3.